The van der Waals surface area contributed by atoms with Crippen LogP contribution in [0.4, 0.5) is 0 Å². The van der Waals surface area contributed by atoms with E-state index in [4.69, 9.17) is 4.74 Å². The predicted octanol–water partition coefficient (Wildman–Crippen LogP) is -0.161. The Kier molecular flexibility index (Phi) is 5.56. The van der Waals surface area contributed by atoms with Crippen molar-refractivity contribution in [2.24, 2.45) is 0 Å². The predicted molar refractivity (Wildman–Crippen MR) is 73.9 cm³/mol. The number of rotatable bonds is 4. The van der Waals surface area contributed by atoms with E-state index in [2.05, 4.69) is 32.2 Å². The Hall–Kier alpha value is -0.423. The van der Waals surface area contributed by atoms with E-state index in [1.54, 1.807) is 0 Å². The summed E-state index contributed by atoms with van der Waals surface area (Å²) < 4.78 is 4.92. The lowest BCUT2D eigenvalue weighted by atomic mass is 9.94. The smallest absolute Gasteiger partial charge is 0.185 e. The van der Waals surface area contributed by atoms with Crippen LogP contribution in [-0.2, 0) is 4.74 Å². The highest BCUT2D eigenvalue weighted by molar-refractivity contribution is 6.87. The molecule has 5 nitrogen and oxygen atoms in total. The Labute approximate surface area is 115 Å². The first-order valence-electron chi connectivity index (χ1n) is 6.78. The van der Waals surface area contributed by atoms with Crippen molar-refractivity contribution in [2.45, 2.75) is 63.0 Å². The molecule has 19 heavy (non-hydrogen) atoms. The van der Waals surface area contributed by atoms with Crippen molar-refractivity contribution in [3.05, 3.63) is 0 Å². The summed E-state index contributed by atoms with van der Waals surface area (Å²) in [7, 11) is -1.78. The van der Waals surface area contributed by atoms with Crippen molar-refractivity contribution in [1.82, 2.24) is 0 Å². The minimum atomic E-state index is -1.90. The highest BCUT2D eigenvalue weighted by Crippen LogP contribution is 2.30. The van der Waals surface area contributed by atoms with Crippen LogP contribution >= 0.6 is 0 Å². The molecule has 0 radical (unpaired) electrons. The zero-order valence-corrected chi connectivity index (χ0v) is 12.8. The topological polar surface area (TPSA) is 90.2 Å². The Bertz CT molecular complexity index is 352. The fraction of sp³-hybridized carbons (Fsp3) is 0.846. The molecule has 6 heteroatoms. The van der Waals surface area contributed by atoms with E-state index in [1.165, 1.54) is 0 Å². The van der Waals surface area contributed by atoms with Crippen molar-refractivity contribution >= 4 is 8.07 Å². The van der Waals surface area contributed by atoms with Crippen LogP contribution in [0.5, 0.6) is 0 Å². The Morgan fingerprint density at radius 2 is 1.68 bits per heavy atom. The normalized spacial score (nSPS) is 35.0. The van der Waals surface area contributed by atoms with Crippen LogP contribution in [0, 0.1) is 11.5 Å². The summed E-state index contributed by atoms with van der Waals surface area (Å²) >= 11 is 0. The van der Waals surface area contributed by atoms with E-state index in [-0.39, 0.29) is 0 Å². The van der Waals surface area contributed by atoms with Gasteiger partial charge in [0, 0.05) is 0 Å². The lowest BCUT2D eigenvalue weighted by molar-refractivity contribution is -0.132. The minimum absolute atomic E-state index is 0.502. The maximum atomic E-state index is 10.4. The standard InChI is InChI=1S/C13H24O5Si/c1-4-19(5-2,6-3)8-7-13(17)10(9-14)18-12(16)11(13)15/h10-12,14-17H,4-6,9H2,1-3H3/t10-,11+,12-,13-/m1/s1. The molecule has 0 spiro atoms. The first-order chi connectivity index (χ1) is 8.89. The molecule has 1 heterocycles. The molecule has 0 aromatic heterocycles. The van der Waals surface area contributed by atoms with Gasteiger partial charge in [0.1, 0.15) is 20.3 Å². The minimum Gasteiger partial charge on any atom is -0.394 e. The first-order valence-corrected chi connectivity index (χ1v) is 9.40. The van der Waals surface area contributed by atoms with Gasteiger partial charge in [0.25, 0.3) is 0 Å². The van der Waals surface area contributed by atoms with Crippen LogP contribution < -0.4 is 0 Å². The van der Waals surface area contributed by atoms with Crippen molar-refractivity contribution in [1.29, 1.82) is 0 Å². The Morgan fingerprint density at radius 1 is 1.16 bits per heavy atom. The average Bonchev–Trinajstić information content (AvgIpc) is 2.65. The second-order valence-corrected chi connectivity index (χ2v) is 9.99. The Balaban J connectivity index is 3.07. The average molecular weight is 288 g/mol. The molecule has 1 fully saturated rings. The zero-order chi connectivity index (χ0) is 14.7. The molecule has 1 aliphatic heterocycles. The SMILES string of the molecule is CC[Si](C#C[C@@]1(O)[C@@H](CO)O[C@@H](O)[C@@H]1O)(CC)CC. The summed E-state index contributed by atoms with van der Waals surface area (Å²) in [5, 5.41) is 38.8. The van der Waals surface area contributed by atoms with Gasteiger partial charge in [-0.05, 0) is 18.1 Å². The maximum Gasteiger partial charge on any atom is 0.185 e. The third-order valence-electron chi connectivity index (χ3n) is 4.24. The van der Waals surface area contributed by atoms with Gasteiger partial charge in [-0.2, -0.15) is 0 Å². The fourth-order valence-corrected chi connectivity index (χ4v) is 4.83. The van der Waals surface area contributed by atoms with Crippen LogP contribution in [0.3, 0.4) is 0 Å². The second kappa shape index (κ2) is 6.35. The molecule has 1 aliphatic rings. The Morgan fingerprint density at radius 3 is 2.11 bits per heavy atom. The van der Waals surface area contributed by atoms with Gasteiger partial charge in [-0.15, -0.1) is 5.54 Å². The summed E-state index contributed by atoms with van der Waals surface area (Å²) in [5.41, 5.74) is 1.26. The van der Waals surface area contributed by atoms with Crippen LogP contribution in [-0.4, -0.2) is 59.2 Å². The molecular formula is C13H24O5Si. The van der Waals surface area contributed by atoms with E-state index in [0.29, 0.717) is 0 Å². The molecule has 0 aromatic carbocycles. The van der Waals surface area contributed by atoms with Gasteiger partial charge in [-0.25, -0.2) is 0 Å². The van der Waals surface area contributed by atoms with Crippen LogP contribution in [0.1, 0.15) is 20.8 Å². The van der Waals surface area contributed by atoms with Crippen LogP contribution in [0.2, 0.25) is 18.1 Å². The van der Waals surface area contributed by atoms with Crippen molar-refractivity contribution in [2.75, 3.05) is 6.61 Å². The number of aliphatic hydroxyl groups is 4. The van der Waals surface area contributed by atoms with E-state index in [0.717, 1.165) is 18.1 Å². The van der Waals surface area contributed by atoms with Gasteiger partial charge in [-0.3, -0.25) is 0 Å². The van der Waals surface area contributed by atoms with Crippen LogP contribution in [0.15, 0.2) is 0 Å². The lowest BCUT2D eigenvalue weighted by Crippen LogP contribution is -2.49. The summed E-state index contributed by atoms with van der Waals surface area (Å²) in [6.45, 7) is 5.74. The van der Waals surface area contributed by atoms with Gasteiger partial charge >= 0.3 is 0 Å². The molecule has 0 aromatic rings. The number of hydrogen-bond acceptors (Lipinski definition) is 5. The van der Waals surface area contributed by atoms with Crippen molar-refractivity contribution in [3.8, 4) is 11.5 Å². The van der Waals surface area contributed by atoms with Gasteiger partial charge in [0.2, 0.25) is 0 Å². The number of ether oxygens (including phenoxy) is 1. The third kappa shape index (κ3) is 3.02. The molecule has 0 bridgehead atoms. The summed E-state index contributed by atoms with van der Waals surface area (Å²) in [6.07, 6.45) is -4.12. The summed E-state index contributed by atoms with van der Waals surface area (Å²) in [5.74, 6) is 2.71. The van der Waals surface area contributed by atoms with Crippen molar-refractivity contribution in [3.63, 3.8) is 0 Å². The highest BCUT2D eigenvalue weighted by atomic mass is 28.3. The molecule has 4 atom stereocenters. The second-order valence-electron chi connectivity index (χ2n) is 5.06. The molecule has 0 amide bonds. The molecule has 110 valence electrons. The lowest BCUT2D eigenvalue weighted by Gasteiger charge is -2.26. The van der Waals surface area contributed by atoms with Crippen molar-refractivity contribution < 1.29 is 25.2 Å². The van der Waals surface area contributed by atoms with Gasteiger partial charge in [0.05, 0.1) is 6.61 Å². The van der Waals surface area contributed by atoms with Crippen LogP contribution in [0.25, 0.3) is 0 Å². The molecule has 1 saturated heterocycles. The summed E-state index contributed by atoms with van der Waals surface area (Å²) in [4.78, 5) is 0. The number of aliphatic hydroxyl groups excluding tert-OH is 3. The number of hydrogen-bond donors (Lipinski definition) is 4. The van der Waals surface area contributed by atoms with E-state index < -0.39 is 38.8 Å². The molecule has 1 rings (SSSR count). The molecule has 0 unspecified atom stereocenters. The highest BCUT2D eigenvalue weighted by Gasteiger charge is 2.54. The van der Waals surface area contributed by atoms with Gasteiger partial charge in [0.15, 0.2) is 11.9 Å². The maximum absolute atomic E-state index is 10.4. The largest absolute Gasteiger partial charge is 0.394 e. The molecular weight excluding hydrogens is 264 g/mol. The molecule has 0 aliphatic carbocycles. The van der Waals surface area contributed by atoms with Gasteiger partial charge < -0.3 is 25.2 Å². The third-order valence-corrected chi connectivity index (χ3v) is 8.96. The van der Waals surface area contributed by atoms with E-state index in [1.807, 2.05) is 0 Å². The zero-order valence-electron chi connectivity index (χ0n) is 11.8. The summed E-state index contributed by atoms with van der Waals surface area (Å²) in [6, 6.07) is 2.89. The molecule has 0 saturated carbocycles. The quantitative estimate of drug-likeness (QED) is 0.426. The van der Waals surface area contributed by atoms with E-state index in [9.17, 15) is 20.4 Å². The monoisotopic (exact) mass is 288 g/mol. The van der Waals surface area contributed by atoms with Gasteiger partial charge in [-0.1, -0.05) is 26.7 Å². The molecule has 4 N–H and O–H groups in total. The van der Waals surface area contributed by atoms with E-state index >= 15 is 0 Å². The first kappa shape index (κ1) is 16.6. The fourth-order valence-electron chi connectivity index (χ4n) is 2.34.